The zero-order chi connectivity index (χ0) is 10.7. The van der Waals surface area contributed by atoms with E-state index in [9.17, 15) is 4.79 Å². The smallest absolute Gasteiger partial charge is 0.273 e. The second-order valence-electron chi connectivity index (χ2n) is 3.76. The van der Waals surface area contributed by atoms with Crippen LogP contribution in [0.4, 0.5) is 0 Å². The van der Waals surface area contributed by atoms with Gasteiger partial charge in [-0.1, -0.05) is 5.21 Å². The molecule has 15 heavy (non-hydrogen) atoms. The minimum Gasteiger partial charge on any atom is -0.348 e. The molecule has 1 amide bonds. The van der Waals surface area contributed by atoms with E-state index >= 15 is 0 Å². The van der Waals surface area contributed by atoms with Crippen LogP contribution >= 0.6 is 0 Å². The van der Waals surface area contributed by atoms with Crippen LogP contribution in [-0.2, 0) is 6.54 Å². The number of nitrogens with one attached hydrogen (secondary N) is 1. The maximum atomic E-state index is 11.6. The Balaban J connectivity index is 1.92. The fourth-order valence-electron chi connectivity index (χ4n) is 1.46. The first-order valence-corrected chi connectivity index (χ1v) is 5.20. The highest BCUT2D eigenvalue weighted by Gasteiger charge is 2.21. The van der Waals surface area contributed by atoms with E-state index in [1.807, 2.05) is 0 Å². The first-order chi connectivity index (χ1) is 7.29. The summed E-state index contributed by atoms with van der Waals surface area (Å²) in [6, 6.07) is 0.331. The maximum Gasteiger partial charge on any atom is 0.273 e. The molecule has 1 fully saturated rings. The number of amides is 1. The molecule has 6 nitrogen and oxygen atoms in total. The van der Waals surface area contributed by atoms with Crippen molar-refractivity contribution in [2.45, 2.75) is 31.8 Å². The number of carbonyl (C=O) groups excluding carboxylic acids is 1. The van der Waals surface area contributed by atoms with Gasteiger partial charge in [0.1, 0.15) is 0 Å². The molecule has 0 aromatic carbocycles. The zero-order valence-electron chi connectivity index (χ0n) is 8.52. The molecule has 1 heterocycles. The molecule has 0 aliphatic heterocycles. The Bertz CT molecular complexity index is 344. The van der Waals surface area contributed by atoms with Crippen molar-refractivity contribution in [2.24, 2.45) is 5.73 Å². The Kier molecular flexibility index (Phi) is 2.96. The number of rotatable bonds is 4. The summed E-state index contributed by atoms with van der Waals surface area (Å²) in [4.78, 5) is 11.6. The van der Waals surface area contributed by atoms with Crippen LogP contribution in [0.3, 0.4) is 0 Å². The largest absolute Gasteiger partial charge is 0.348 e. The summed E-state index contributed by atoms with van der Waals surface area (Å²) in [5, 5.41) is 10.5. The molecule has 1 aliphatic rings. The van der Waals surface area contributed by atoms with Gasteiger partial charge in [0.2, 0.25) is 0 Å². The summed E-state index contributed by atoms with van der Waals surface area (Å²) in [6.07, 6.45) is 4.97. The van der Waals surface area contributed by atoms with Crippen molar-refractivity contribution in [3.8, 4) is 0 Å². The quantitative estimate of drug-likeness (QED) is 0.701. The molecule has 0 saturated heterocycles. The van der Waals surface area contributed by atoms with Gasteiger partial charge in [-0.25, -0.2) is 0 Å². The molecule has 0 radical (unpaired) electrons. The highest BCUT2D eigenvalue weighted by molar-refractivity contribution is 5.92. The van der Waals surface area contributed by atoms with Gasteiger partial charge >= 0.3 is 0 Å². The summed E-state index contributed by atoms with van der Waals surface area (Å²) < 4.78 is 1.58. The third-order valence-corrected chi connectivity index (χ3v) is 2.57. The monoisotopic (exact) mass is 209 g/mol. The summed E-state index contributed by atoms with van der Waals surface area (Å²) in [5.74, 6) is -0.136. The standard InChI is InChI=1S/C9H15N5O/c10-4-5-14-6-8(12-13-14)9(15)11-7-2-1-3-7/h6-7H,1-5,10H2,(H,11,15). The van der Waals surface area contributed by atoms with Crippen molar-refractivity contribution in [1.29, 1.82) is 0 Å². The third kappa shape index (κ3) is 2.33. The van der Waals surface area contributed by atoms with E-state index in [2.05, 4.69) is 15.6 Å². The average Bonchev–Trinajstić information content (AvgIpc) is 2.60. The zero-order valence-corrected chi connectivity index (χ0v) is 8.52. The van der Waals surface area contributed by atoms with Gasteiger partial charge in [0.15, 0.2) is 5.69 Å². The first kappa shape index (κ1) is 10.1. The number of nitrogens with zero attached hydrogens (tertiary/aromatic N) is 3. The number of carbonyl (C=O) groups is 1. The second kappa shape index (κ2) is 4.39. The van der Waals surface area contributed by atoms with Crippen molar-refractivity contribution < 1.29 is 4.79 Å². The molecule has 0 bridgehead atoms. The van der Waals surface area contributed by atoms with E-state index in [1.165, 1.54) is 6.42 Å². The van der Waals surface area contributed by atoms with Crippen molar-refractivity contribution in [3.05, 3.63) is 11.9 Å². The average molecular weight is 209 g/mol. The molecule has 1 aromatic heterocycles. The van der Waals surface area contributed by atoms with E-state index < -0.39 is 0 Å². The lowest BCUT2D eigenvalue weighted by atomic mass is 9.93. The highest BCUT2D eigenvalue weighted by atomic mass is 16.2. The summed E-state index contributed by atoms with van der Waals surface area (Å²) in [6.45, 7) is 1.08. The molecule has 3 N–H and O–H groups in total. The minimum absolute atomic E-state index is 0.136. The molecule has 1 aliphatic carbocycles. The third-order valence-electron chi connectivity index (χ3n) is 2.57. The second-order valence-corrected chi connectivity index (χ2v) is 3.76. The molecule has 1 aromatic rings. The van der Waals surface area contributed by atoms with Crippen LogP contribution in [0.25, 0.3) is 0 Å². The Morgan fingerprint density at radius 3 is 3.07 bits per heavy atom. The fourth-order valence-corrected chi connectivity index (χ4v) is 1.46. The molecular weight excluding hydrogens is 194 g/mol. The lowest BCUT2D eigenvalue weighted by molar-refractivity contribution is 0.0912. The normalized spacial score (nSPS) is 16.1. The van der Waals surface area contributed by atoms with Crippen LogP contribution in [0.5, 0.6) is 0 Å². The number of hydrogen-bond donors (Lipinski definition) is 2. The topological polar surface area (TPSA) is 85.8 Å². The van der Waals surface area contributed by atoms with Gasteiger partial charge in [0, 0.05) is 12.6 Å². The van der Waals surface area contributed by atoms with Crippen LogP contribution in [0.15, 0.2) is 6.20 Å². The van der Waals surface area contributed by atoms with Gasteiger partial charge in [0.25, 0.3) is 5.91 Å². The number of hydrogen-bond acceptors (Lipinski definition) is 4. The van der Waals surface area contributed by atoms with E-state index in [0.717, 1.165) is 12.8 Å². The summed E-state index contributed by atoms with van der Waals surface area (Å²) >= 11 is 0. The summed E-state index contributed by atoms with van der Waals surface area (Å²) in [7, 11) is 0. The van der Waals surface area contributed by atoms with Gasteiger partial charge < -0.3 is 11.1 Å². The van der Waals surface area contributed by atoms with Crippen LogP contribution in [0.1, 0.15) is 29.8 Å². The first-order valence-electron chi connectivity index (χ1n) is 5.20. The van der Waals surface area contributed by atoms with Crippen molar-refractivity contribution in [1.82, 2.24) is 20.3 Å². The van der Waals surface area contributed by atoms with Gasteiger partial charge in [-0.15, -0.1) is 5.10 Å². The van der Waals surface area contributed by atoms with Crippen LogP contribution in [-0.4, -0.2) is 33.5 Å². The molecule has 1 saturated carbocycles. The Morgan fingerprint density at radius 2 is 2.47 bits per heavy atom. The van der Waals surface area contributed by atoms with Crippen molar-refractivity contribution >= 4 is 5.91 Å². The Morgan fingerprint density at radius 1 is 1.67 bits per heavy atom. The Hall–Kier alpha value is -1.43. The van der Waals surface area contributed by atoms with Crippen molar-refractivity contribution in [2.75, 3.05) is 6.54 Å². The lowest BCUT2D eigenvalue weighted by Crippen LogP contribution is -2.39. The van der Waals surface area contributed by atoms with E-state index in [0.29, 0.717) is 24.8 Å². The number of nitrogens with two attached hydrogens (primary N) is 1. The SMILES string of the molecule is NCCn1cc(C(=O)NC2CCC2)nn1. The predicted molar refractivity (Wildman–Crippen MR) is 54.2 cm³/mol. The molecule has 0 atom stereocenters. The van der Waals surface area contributed by atoms with E-state index in [1.54, 1.807) is 10.9 Å². The van der Waals surface area contributed by atoms with Gasteiger partial charge in [-0.2, -0.15) is 0 Å². The highest BCUT2D eigenvalue weighted by Crippen LogP contribution is 2.18. The fraction of sp³-hybridized carbons (Fsp3) is 0.667. The lowest BCUT2D eigenvalue weighted by Gasteiger charge is -2.25. The predicted octanol–water partition coefficient (Wildman–Crippen LogP) is -0.481. The molecular formula is C9H15N5O. The van der Waals surface area contributed by atoms with E-state index in [4.69, 9.17) is 5.73 Å². The van der Waals surface area contributed by atoms with Crippen molar-refractivity contribution in [3.63, 3.8) is 0 Å². The van der Waals surface area contributed by atoms with Crippen LogP contribution in [0, 0.1) is 0 Å². The minimum atomic E-state index is -0.136. The van der Waals surface area contributed by atoms with Gasteiger partial charge in [-0.05, 0) is 19.3 Å². The molecule has 2 rings (SSSR count). The van der Waals surface area contributed by atoms with Gasteiger partial charge in [-0.3, -0.25) is 9.48 Å². The Labute approximate surface area is 87.8 Å². The molecule has 82 valence electrons. The van der Waals surface area contributed by atoms with Crippen LogP contribution in [0.2, 0.25) is 0 Å². The maximum absolute atomic E-state index is 11.6. The summed E-state index contributed by atoms with van der Waals surface area (Å²) in [5.41, 5.74) is 5.74. The van der Waals surface area contributed by atoms with E-state index in [-0.39, 0.29) is 5.91 Å². The molecule has 0 spiro atoms. The molecule has 0 unspecified atom stereocenters. The van der Waals surface area contributed by atoms with Crippen LogP contribution < -0.4 is 11.1 Å². The van der Waals surface area contributed by atoms with Gasteiger partial charge in [0.05, 0.1) is 12.7 Å². The molecule has 6 heteroatoms. The number of aromatic nitrogens is 3.